The van der Waals surface area contributed by atoms with Crippen LogP contribution in [0.15, 0.2) is 36.5 Å². The summed E-state index contributed by atoms with van der Waals surface area (Å²) in [5.41, 5.74) is -0.269. The topological polar surface area (TPSA) is 99.2 Å². The van der Waals surface area contributed by atoms with Crippen molar-refractivity contribution in [1.82, 2.24) is 4.98 Å². The molecule has 0 saturated carbocycles. The monoisotopic (exact) mass is 263 g/mol. The first-order valence-electron chi connectivity index (χ1n) is 5.04. The molecule has 0 atom stereocenters. The number of aromatic nitrogens is 1. The summed E-state index contributed by atoms with van der Waals surface area (Å²) in [4.78, 5) is 23.4. The SMILES string of the molecule is O=[N+]([O-])c1ccc(-c2ccc(F)c([N+](=O)[O-])c2)nc1. The molecule has 0 bridgehead atoms. The molecule has 96 valence electrons. The van der Waals surface area contributed by atoms with Crippen molar-refractivity contribution in [2.24, 2.45) is 0 Å². The Morgan fingerprint density at radius 1 is 1.05 bits per heavy atom. The van der Waals surface area contributed by atoms with E-state index in [1.165, 1.54) is 18.2 Å². The van der Waals surface area contributed by atoms with Gasteiger partial charge in [-0.25, -0.2) is 4.98 Å². The second kappa shape index (κ2) is 4.77. The zero-order valence-corrected chi connectivity index (χ0v) is 9.32. The Morgan fingerprint density at radius 3 is 2.32 bits per heavy atom. The van der Waals surface area contributed by atoms with Crippen LogP contribution in [0.4, 0.5) is 15.8 Å². The van der Waals surface area contributed by atoms with Gasteiger partial charge in [-0.15, -0.1) is 0 Å². The number of hydrogen-bond acceptors (Lipinski definition) is 5. The first-order valence-corrected chi connectivity index (χ1v) is 5.04. The van der Waals surface area contributed by atoms with Crippen molar-refractivity contribution < 1.29 is 14.2 Å². The van der Waals surface area contributed by atoms with Gasteiger partial charge in [0.25, 0.3) is 5.69 Å². The van der Waals surface area contributed by atoms with Crippen molar-refractivity contribution in [3.05, 3.63) is 62.6 Å². The zero-order valence-electron chi connectivity index (χ0n) is 9.32. The van der Waals surface area contributed by atoms with Crippen LogP contribution in [0.5, 0.6) is 0 Å². The predicted octanol–water partition coefficient (Wildman–Crippen LogP) is 2.70. The van der Waals surface area contributed by atoms with E-state index in [0.29, 0.717) is 5.56 Å². The lowest BCUT2D eigenvalue weighted by atomic mass is 10.1. The van der Waals surface area contributed by atoms with Gasteiger partial charge in [0.1, 0.15) is 6.20 Å². The van der Waals surface area contributed by atoms with Crippen molar-refractivity contribution in [3.8, 4) is 11.3 Å². The highest BCUT2D eigenvalue weighted by Crippen LogP contribution is 2.25. The molecule has 1 heterocycles. The Hall–Kier alpha value is -2.90. The van der Waals surface area contributed by atoms with Gasteiger partial charge in [-0.3, -0.25) is 20.2 Å². The Kier molecular flexibility index (Phi) is 3.15. The first kappa shape index (κ1) is 12.6. The summed E-state index contributed by atoms with van der Waals surface area (Å²) < 4.78 is 13.2. The Balaban J connectivity index is 2.44. The highest BCUT2D eigenvalue weighted by Gasteiger charge is 2.16. The second-order valence-corrected chi connectivity index (χ2v) is 3.58. The predicted molar refractivity (Wildman–Crippen MR) is 62.9 cm³/mol. The molecule has 0 aliphatic heterocycles. The van der Waals surface area contributed by atoms with Crippen LogP contribution in [0.2, 0.25) is 0 Å². The van der Waals surface area contributed by atoms with Crippen LogP contribution in [0, 0.1) is 26.0 Å². The number of halogens is 1. The Bertz CT molecular complexity index is 657. The summed E-state index contributed by atoms with van der Waals surface area (Å²) in [7, 11) is 0. The van der Waals surface area contributed by atoms with Crippen molar-refractivity contribution in [2.45, 2.75) is 0 Å². The lowest BCUT2D eigenvalue weighted by Gasteiger charge is -2.01. The summed E-state index contributed by atoms with van der Waals surface area (Å²) in [5.74, 6) is -0.948. The molecule has 0 unspecified atom stereocenters. The number of nitrogens with zero attached hydrogens (tertiary/aromatic N) is 3. The lowest BCUT2D eigenvalue weighted by Crippen LogP contribution is -1.94. The maximum atomic E-state index is 13.2. The third-order valence-corrected chi connectivity index (χ3v) is 2.40. The van der Waals surface area contributed by atoms with Crippen molar-refractivity contribution in [1.29, 1.82) is 0 Å². The molecule has 2 rings (SSSR count). The van der Waals surface area contributed by atoms with Crippen LogP contribution in [-0.4, -0.2) is 14.8 Å². The van der Waals surface area contributed by atoms with Crippen LogP contribution in [0.1, 0.15) is 0 Å². The molecule has 1 aromatic heterocycles. The molecule has 0 radical (unpaired) electrons. The number of nitro groups is 2. The van der Waals surface area contributed by atoms with Crippen LogP contribution >= 0.6 is 0 Å². The van der Waals surface area contributed by atoms with E-state index in [2.05, 4.69) is 4.98 Å². The Morgan fingerprint density at radius 2 is 1.79 bits per heavy atom. The maximum absolute atomic E-state index is 13.2. The Labute approximate surface area is 105 Å². The van der Waals surface area contributed by atoms with Crippen LogP contribution in [0.25, 0.3) is 11.3 Å². The molecule has 8 heteroatoms. The van der Waals surface area contributed by atoms with Gasteiger partial charge in [0.2, 0.25) is 5.82 Å². The van der Waals surface area contributed by atoms with E-state index >= 15 is 0 Å². The van der Waals surface area contributed by atoms with E-state index in [4.69, 9.17) is 0 Å². The van der Waals surface area contributed by atoms with Gasteiger partial charge in [-0.05, 0) is 18.2 Å². The minimum atomic E-state index is -0.948. The summed E-state index contributed by atoms with van der Waals surface area (Å²) in [5, 5.41) is 21.1. The summed E-state index contributed by atoms with van der Waals surface area (Å²) in [6, 6.07) is 5.86. The molecule has 0 aliphatic carbocycles. The molecule has 19 heavy (non-hydrogen) atoms. The third-order valence-electron chi connectivity index (χ3n) is 2.40. The van der Waals surface area contributed by atoms with Crippen molar-refractivity contribution >= 4 is 11.4 Å². The highest BCUT2D eigenvalue weighted by atomic mass is 19.1. The number of rotatable bonds is 3. The van der Waals surface area contributed by atoms with Crippen LogP contribution in [-0.2, 0) is 0 Å². The summed E-state index contributed by atoms with van der Waals surface area (Å²) in [6.07, 6.45) is 1.03. The zero-order chi connectivity index (χ0) is 14.0. The fourth-order valence-electron chi connectivity index (χ4n) is 1.48. The quantitative estimate of drug-likeness (QED) is 0.626. The normalized spacial score (nSPS) is 10.2. The molecule has 0 amide bonds. The molecular weight excluding hydrogens is 257 g/mol. The molecular formula is C11H6FN3O4. The van der Waals surface area contributed by atoms with E-state index in [1.54, 1.807) is 0 Å². The van der Waals surface area contributed by atoms with Crippen LogP contribution in [0.3, 0.4) is 0 Å². The smallest absolute Gasteiger partial charge is 0.258 e. The van der Waals surface area contributed by atoms with Crippen molar-refractivity contribution in [2.75, 3.05) is 0 Å². The molecule has 1 aromatic carbocycles. The number of hydrogen-bond donors (Lipinski definition) is 0. The highest BCUT2D eigenvalue weighted by molar-refractivity contribution is 5.63. The summed E-state index contributed by atoms with van der Waals surface area (Å²) in [6.45, 7) is 0. The number of pyridine rings is 1. The fraction of sp³-hybridized carbons (Fsp3) is 0. The molecule has 0 spiro atoms. The number of nitro benzene ring substituents is 1. The molecule has 2 aromatic rings. The molecule has 7 nitrogen and oxygen atoms in total. The molecule has 0 aliphatic rings. The third kappa shape index (κ3) is 2.51. The van der Waals surface area contributed by atoms with E-state index in [0.717, 1.165) is 18.3 Å². The van der Waals surface area contributed by atoms with E-state index in [1.807, 2.05) is 0 Å². The second-order valence-electron chi connectivity index (χ2n) is 3.58. The van der Waals surface area contributed by atoms with Gasteiger partial charge in [0.15, 0.2) is 0 Å². The number of benzene rings is 1. The van der Waals surface area contributed by atoms with Gasteiger partial charge in [-0.1, -0.05) is 0 Å². The van der Waals surface area contributed by atoms with E-state index in [9.17, 15) is 24.6 Å². The van der Waals surface area contributed by atoms with E-state index < -0.39 is 21.4 Å². The lowest BCUT2D eigenvalue weighted by molar-refractivity contribution is -0.387. The van der Waals surface area contributed by atoms with Gasteiger partial charge in [-0.2, -0.15) is 4.39 Å². The van der Waals surface area contributed by atoms with Gasteiger partial charge in [0.05, 0.1) is 15.5 Å². The van der Waals surface area contributed by atoms with Gasteiger partial charge in [0, 0.05) is 17.7 Å². The fourth-order valence-corrected chi connectivity index (χ4v) is 1.48. The first-order chi connectivity index (χ1) is 8.99. The van der Waals surface area contributed by atoms with E-state index in [-0.39, 0.29) is 11.4 Å². The average molecular weight is 263 g/mol. The molecule has 0 N–H and O–H groups in total. The van der Waals surface area contributed by atoms with Gasteiger partial charge < -0.3 is 0 Å². The largest absolute Gasteiger partial charge is 0.305 e. The van der Waals surface area contributed by atoms with Gasteiger partial charge >= 0.3 is 5.69 Å². The van der Waals surface area contributed by atoms with Crippen molar-refractivity contribution in [3.63, 3.8) is 0 Å². The summed E-state index contributed by atoms with van der Waals surface area (Å²) >= 11 is 0. The van der Waals surface area contributed by atoms with Crippen LogP contribution < -0.4 is 0 Å². The standard InChI is InChI=1S/C11H6FN3O4/c12-9-3-1-7(5-11(9)15(18)19)10-4-2-8(6-13-10)14(16)17/h1-6H. The average Bonchev–Trinajstić information content (AvgIpc) is 2.39. The minimum Gasteiger partial charge on any atom is -0.258 e. The minimum absolute atomic E-state index is 0.194. The molecule has 0 fully saturated rings. The molecule has 0 saturated heterocycles. The maximum Gasteiger partial charge on any atom is 0.305 e.